The van der Waals surface area contributed by atoms with Crippen molar-refractivity contribution < 1.29 is 11.3 Å². The van der Waals surface area contributed by atoms with E-state index < -0.39 is 5.97 Å². The van der Waals surface area contributed by atoms with E-state index in [0.717, 1.165) is 11.1 Å². The summed E-state index contributed by atoms with van der Waals surface area (Å²) >= 11 is 0. The highest BCUT2D eigenvalue weighted by Gasteiger charge is 2.10. The third-order valence-corrected chi connectivity index (χ3v) is 2.47. The van der Waals surface area contributed by atoms with E-state index in [9.17, 15) is 4.79 Å². The fraction of sp³-hybridized carbons (Fsp3) is 0.0769. The van der Waals surface area contributed by atoms with Crippen molar-refractivity contribution in [2.24, 2.45) is 0 Å². The largest absolute Gasteiger partial charge is 0.478 e. The molecule has 3 heteroatoms. The maximum absolute atomic E-state index is 11.1. The summed E-state index contributed by atoms with van der Waals surface area (Å²) in [5, 5.41) is 9.06. The monoisotopic (exact) mass is 214 g/mol. The molecule has 1 heterocycles. The predicted octanol–water partition coefficient (Wildman–Crippen LogP) is 2.76. The molecule has 1 N–H and O–H groups in total. The lowest BCUT2D eigenvalue weighted by Gasteiger charge is -2.07. The second-order valence-electron chi connectivity index (χ2n) is 3.45. The number of aromatic nitrogens is 1. The van der Waals surface area contributed by atoms with Crippen LogP contribution in [0.25, 0.3) is 11.1 Å². The van der Waals surface area contributed by atoms with Crippen LogP contribution in [0.5, 0.6) is 0 Å². The average Bonchev–Trinajstić information content (AvgIpc) is 2.32. The molecule has 1 aromatic carbocycles. The quantitative estimate of drug-likeness (QED) is 0.836. The normalized spacial score (nSPS) is 10.9. The van der Waals surface area contributed by atoms with Gasteiger partial charge in [0.2, 0.25) is 0 Å². The van der Waals surface area contributed by atoms with Crippen LogP contribution in [0, 0.1) is 6.92 Å². The van der Waals surface area contributed by atoms with Gasteiger partial charge in [-0.15, -0.1) is 0 Å². The highest BCUT2D eigenvalue weighted by atomic mass is 16.4. The molecule has 0 saturated carbocycles. The van der Waals surface area contributed by atoms with Gasteiger partial charge in [0, 0.05) is 18.0 Å². The van der Waals surface area contributed by atoms with Crippen molar-refractivity contribution in [3.8, 4) is 11.1 Å². The van der Waals surface area contributed by atoms with Crippen molar-refractivity contribution in [1.82, 2.24) is 4.98 Å². The van der Waals surface area contributed by atoms with Gasteiger partial charge in [-0.05, 0) is 30.2 Å². The van der Waals surface area contributed by atoms with Gasteiger partial charge >= 0.3 is 5.97 Å². The molecule has 1 aromatic heterocycles. The van der Waals surface area contributed by atoms with E-state index in [1.165, 1.54) is 6.07 Å². The number of aromatic carboxylic acids is 1. The van der Waals surface area contributed by atoms with Gasteiger partial charge in [0.1, 0.15) is 0 Å². The highest BCUT2D eigenvalue weighted by Crippen LogP contribution is 2.24. The zero-order chi connectivity index (χ0) is 12.4. The van der Waals surface area contributed by atoms with E-state index >= 15 is 0 Å². The Kier molecular flexibility index (Phi) is 2.36. The van der Waals surface area contributed by atoms with E-state index in [1.54, 1.807) is 31.5 Å². The molecule has 0 unspecified atom stereocenters. The number of pyridine rings is 1. The number of nitrogens with zero attached hydrogens (tertiary/aromatic N) is 1. The molecule has 2 aromatic rings. The first kappa shape index (κ1) is 9.09. The second-order valence-corrected chi connectivity index (χ2v) is 3.45. The van der Waals surface area contributed by atoms with Crippen LogP contribution in [0.1, 0.15) is 17.3 Å². The van der Waals surface area contributed by atoms with Crippen LogP contribution in [0.2, 0.25) is 0 Å². The Morgan fingerprint density at radius 1 is 1.44 bits per heavy atom. The summed E-state index contributed by atoms with van der Waals surface area (Å²) in [6.45, 7) is 1.74. The topological polar surface area (TPSA) is 50.2 Å². The molecule has 80 valence electrons. The van der Waals surface area contributed by atoms with Crippen LogP contribution in [0.15, 0.2) is 42.7 Å². The summed E-state index contributed by atoms with van der Waals surface area (Å²) in [6, 6.07) is 6.83. The molecule has 0 radical (unpaired) electrons. The van der Waals surface area contributed by atoms with Gasteiger partial charge < -0.3 is 5.11 Å². The Balaban J connectivity index is 2.67. The standard InChI is InChI=1S/C13H11NO2/c1-9-11(10-4-3-7-14-8-10)5-2-6-12(9)13(15)16/h2-8H,1H3,(H,15,16)/i2D. The predicted molar refractivity (Wildman–Crippen MR) is 61.4 cm³/mol. The van der Waals surface area contributed by atoms with E-state index in [-0.39, 0.29) is 11.6 Å². The summed E-state index contributed by atoms with van der Waals surface area (Å²) in [5.41, 5.74) is 2.38. The molecule has 0 amide bonds. The lowest BCUT2D eigenvalue weighted by Crippen LogP contribution is -2.00. The van der Waals surface area contributed by atoms with Crippen molar-refractivity contribution in [2.45, 2.75) is 6.92 Å². The number of rotatable bonds is 2. The fourth-order valence-corrected chi connectivity index (χ4v) is 1.61. The van der Waals surface area contributed by atoms with Crippen molar-refractivity contribution in [1.29, 1.82) is 0 Å². The third-order valence-electron chi connectivity index (χ3n) is 2.47. The highest BCUT2D eigenvalue weighted by molar-refractivity contribution is 5.91. The van der Waals surface area contributed by atoms with Crippen LogP contribution in [-0.2, 0) is 0 Å². The molecular formula is C13H11NO2. The smallest absolute Gasteiger partial charge is 0.335 e. The molecule has 0 bridgehead atoms. The molecule has 0 aliphatic heterocycles. The molecular weight excluding hydrogens is 202 g/mol. The third kappa shape index (κ3) is 1.80. The number of carboxylic acids is 1. The van der Waals surface area contributed by atoms with Crippen LogP contribution >= 0.6 is 0 Å². The fourth-order valence-electron chi connectivity index (χ4n) is 1.61. The number of carbonyl (C=O) groups is 1. The minimum atomic E-state index is -1.01. The Hall–Kier alpha value is -2.16. The van der Waals surface area contributed by atoms with Crippen molar-refractivity contribution in [3.05, 3.63) is 53.8 Å². The molecule has 3 nitrogen and oxygen atoms in total. The number of hydrogen-bond acceptors (Lipinski definition) is 2. The summed E-state index contributed by atoms with van der Waals surface area (Å²) in [5.74, 6) is -1.01. The Labute approximate surface area is 94.8 Å². The zero-order valence-corrected chi connectivity index (χ0v) is 8.77. The molecule has 0 atom stereocenters. The van der Waals surface area contributed by atoms with Crippen LogP contribution in [0.4, 0.5) is 0 Å². The SMILES string of the molecule is [2H]c1cc(C(=O)O)c(C)c(-c2cccnc2)c1. The number of benzene rings is 1. The lowest BCUT2D eigenvalue weighted by atomic mass is 9.98. The maximum atomic E-state index is 11.1. The van der Waals surface area contributed by atoms with Crippen molar-refractivity contribution in [3.63, 3.8) is 0 Å². The van der Waals surface area contributed by atoms with Crippen LogP contribution in [-0.4, -0.2) is 16.1 Å². The first-order chi connectivity index (χ1) is 8.09. The van der Waals surface area contributed by atoms with Crippen LogP contribution in [0.3, 0.4) is 0 Å². The first-order valence-corrected chi connectivity index (χ1v) is 4.84. The first-order valence-electron chi connectivity index (χ1n) is 5.34. The van der Waals surface area contributed by atoms with Gasteiger partial charge in [-0.2, -0.15) is 0 Å². The van der Waals surface area contributed by atoms with E-state index in [0.29, 0.717) is 5.56 Å². The number of hydrogen-bond donors (Lipinski definition) is 1. The van der Waals surface area contributed by atoms with E-state index in [2.05, 4.69) is 4.98 Å². The minimum Gasteiger partial charge on any atom is -0.478 e. The lowest BCUT2D eigenvalue weighted by molar-refractivity contribution is 0.0696. The summed E-state index contributed by atoms with van der Waals surface area (Å²) < 4.78 is 7.63. The van der Waals surface area contributed by atoms with E-state index in [1.807, 2.05) is 6.07 Å². The van der Waals surface area contributed by atoms with E-state index in [4.69, 9.17) is 6.48 Å². The molecule has 0 saturated heterocycles. The number of carboxylic acid groups (broad SMARTS) is 1. The van der Waals surface area contributed by atoms with Gasteiger partial charge in [-0.3, -0.25) is 4.98 Å². The Morgan fingerprint density at radius 2 is 2.25 bits per heavy atom. The molecule has 0 aliphatic rings. The maximum Gasteiger partial charge on any atom is 0.335 e. The van der Waals surface area contributed by atoms with Gasteiger partial charge in [-0.25, -0.2) is 4.79 Å². The van der Waals surface area contributed by atoms with Crippen molar-refractivity contribution in [2.75, 3.05) is 0 Å². The molecule has 0 aliphatic carbocycles. The van der Waals surface area contributed by atoms with Crippen LogP contribution < -0.4 is 0 Å². The molecule has 0 fully saturated rings. The van der Waals surface area contributed by atoms with Crippen molar-refractivity contribution >= 4 is 5.97 Å². The van der Waals surface area contributed by atoms with Gasteiger partial charge in [0.15, 0.2) is 0 Å². The summed E-state index contributed by atoms with van der Waals surface area (Å²) in [7, 11) is 0. The summed E-state index contributed by atoms with van der Waals surface area (Å²) in [6.07, 6.45) is 3.31. The Bertz CT molecular complexity index is 567. The molecule has 16 heavy (non-hydrogen) atoms. The zero-order valence-electron chi connectivity index (χ0n) is 9.77. The average molecular weight is 214 g/mol. The second kappa shape index (κ2) is 4.14. The van der Waals surface area contributed by atoms with Gasteiger partial charge in [-0.1, -0.05) is 18.2 Å². The molecule has 0 spiro atoms. The molecule has 2 rings (SSSR count). The minimum absolute atomic E-state index is 0.163. The Morgan fingerprint density at radius 3 is 2.88 bits per heavy atom. The summed E-state index contributed by atoms with van der Waals surface area (Å²) in [4.78, 5) is 15.1. The van der Waals surface area contributed by atoms with Gasteiger partial charge in [0.25, 0.3) is 0 Å². The van der Waals surface area contributed by atoms with Gasteiger partial charge in [0.05, 0.1) is 6.93 Å².